The first kappa shape index (κ1) is 28.9. The third-order valence-electron chi connectivity index (χ3n) is 7.90. The maximum atomic E-state index is 13.4. The molecule has 0 amide bonds. The quantitative estimate of drug-likeness (QED) is 0.300. The number of aromatic nitrogens is 5. The molecule has 1 aliphatic heterocycles. The largest absolute Gasteiger partial charge is 0.308 e. The SMILES string of the molecule is O=c1[nH]c(C2CCN(S(=O)(=O)c3ccc(S(=O)(=O)NC4CCCC4)cc3)CC2)nc2c1nnn2Cc1cccc(Cl)c1. The number of aromatic amines is 1. The van der Waals surface area contributed by atoms with Crippen molar-refractivity contribution in [3.05, 3.63) is 75.3 Å². The Morgan fingerprint density at radius 1 is 0.952 bits per heavy atom. The van der Waals surface area contributed by atoms with Crippen LogP contribution in [0, 0.1) is 0 Å². The first-order chi connectivity index (χ1) is 20.1. The number of hydrogen-bond donors (Lipinski definition) is 2. The summed E-state index contributed by atoms with van der Waals surface area (Å²) in [5.41, 5.74) is 0.956. The van der Waals surface area contributed by atoms with E-state index in [2.05, 4.69) is 25.0 Å². The minimum Gasteiger partial charge on any atom is -0.308 e. The zero-order valence-electron chi connectivity index (χ0n) is 22.6. The molecule has 6 rings (SSSR count). The predicted octanol–water partition coefficient (Wildman–Crippen LogP) is 3.01. The number of sulfonamides is 2. The summed E-state index contributed by atoms with van der Waals surface area (Å²) in [4.78, 5) is 20.3. The molecule has 2 aliphatic rings. The normalized spacial score (nSPS) is 17.7. The van der Waals surface area contributed by atoms with E-state index in [9.17, 15) is 21.6 Å². The zero-order chi connectivity index (χ0) is 29.5. The minimum absolute atomic E-state index is 0.0321. The van der Waals surface area contributed by atoms with Gasteiger partial charge in [-0.05, 0) is 67.6 Å². The van der Waals surface area contributed by atoms with E-state index in [-0.39, 0.29) is 40.4 Å². The fourth-order valence-corrected chi connectivity index (χ4v) is 8.62. The molecule has 0 spiro atoms. The smallest absolute Gasteiger partial charge is 0.281 e. The van der Waals surface area contributed by atoms with Crippen LogP contribution in [0.5, 0.6) is 0 Å². The van der Waals surface area contributed by atoms with Crippen molar-refractivity contribution < 1.29 is 16.8 Å². The third-order valence-corrected chi connectivity index (χ3v) is 11.6. The molecule has 15 heteroatoms. The molecule has 2 aromatic heterocycles. The van der Waals surface area contributed by atoms with E-state index in [0.717, 1.165) is 31.2 Å². The second kappa shape index (κ2) is 11.5. The van der Waals surface area contributed by atoms with Crippen LogP contribution < -0.4 is 10.3 Å². The van der Waals surface area contributed by atoms with Gasteiger partial charge in [0.25, 0.3) is 5.56 Å². The lowest BCUT2D eigenvalue weighted by molar-refractivity contribution is 0.313. The van der Waals surface area contributed by atoms with Crippen molar-refractivity contribution >= 4 is 42.8 Å². The molecule has 0 unspecified atom stereocenters. The van der Waals surface area contributed by atoms with Crippen LogP contribution in [0.2, 0.25) is 5.02 Å². The van der Waals surface area contributed by atoms with E-state index in [4.69, 9.17) is 11.6 Å². The van der Waals surface area contributed by atoms with Crippen LogP contribution in [-0.4, -0.2) is 65.2 Å². The molecule has 1 saturated carbocycles. The fourth-order valence-electron chi connectivity index (χ4n) is 5.63. The molecule has 4 aromatic rings. The van der Waals surface area contributed by atoms with Crippen molar-refractivity contribution in [1.29, 1.82) is 0 Å². The van der Waals surface area contributed by atoms with Crippen LogP contribution in [0.4, 0.5) is 0 Å². The molecular weight excluding hydrogens is 602 g/mol. The van der Waals surface area contributed by atoms with Crippen LogP contribution in [-0.2, 0) is 26.6 Å². The minimum atomic E-state index is -3.84. The molecule has 2 fully saturated rings. The highest BCUT2D eigenvalue weighted by Gasteiger charge is 2.32. The van der Waals surface area contributed by atoms with Crippen molar-refractivity contribution in [3.8, 4) is 0 Å². The Hall–Kier alpha value is -3.17. The molecule has 3 heterocycles. The van der Waals surface area contributed by atoms with Crippen LogP contribution in [0.1, 0.15) is 55.8 Å². The first-order valence-electron chi connectivity index (χ1n) is 13.8. The number of halogens is 1. The summed E-state index contributed by atoms with van der Waals surface area (Å²) < 4.78 is 57.8. The summed E-state index contributed by atoms with van der Waals surface area (Å²) in [5.74, 6) is 0.292. The van der Waals surface area contributed by atoms with Gasteiger partial charge in [0.1, 0.15) is 5.82 Å². The molecule has 222 valence electrons. The molecule has 12 nitrogen and oxygen atoms in total. The average molecular weight is 632 g/mol. The first-order valence-corrected chi connectivity index (χ1v) is 17.1. The number of nitrogens with one attached hydrogen (secondary N) is 2. The Bertz CT molecular complexity index is 1880. The molecule has 2 N–H and O–H groups in total. The predicted molar refractivity (Wildman–Crippen MR) is 156 cm³/mol. The lowest BCUT2D eigenvalue weighted by Crippen LogP contribution is -2.38. The molecule has 2 aromatic carbocycles. The molecule has 1 saturated heterocycles. The lowest BCUT2D eigenvalue weighted by atomic mass is 9.97. The van der Waals surface area contributed by atoms with Crippen molar-refractivity contribution in [2.45, 2.75) is 66.8 Å². The second-order valence-corrected chi connectivity index (χ2v) is 14.8. The number of benzene rings is 2. The zero-order valence-corrected chi connectivity index (χ0v) is 25.0. The van der Waals surface area contributed by atoms with Crippen LogP contribution >= 0.6 is 11.6 Å². The lowest BCUT2D eigenvalue weighted by Gasteiger charge is -2.30. The van der Waals surface area contributed by atoms with Gasteiger partial charge in [-0.1, -0.05) is 41.8 Å². The van der Waals surface area contributed by atoms with Crippen molar-refractivity contribution in [3.63, 3.8) is 0 Å². The summed E-state index contributed by atoms with van der Waals surface area (Å²) in [6.07, 6.45) is 4.49. The van der Waals surface area contributed by atoms with Gasteiger partial charge in [0, 0.05) is 30.1 Å². The monoisotopic (exact) mass is 631 g/mol. The van der Waals surface area contributed by atoms with Gasteiger partial charge in [0.2, 0.25) is 20.0 Å². The number of hydrogen-bond acceptors (Lipinski definition) is 8. The van der Waals surface area contributed by atoms with E-state index < -0.39 is 25.6 Å². The Labute approximate surface area is 248 Å². The number of rotatable bonds is 8. The van der Waals surface area contributed by atoms with E-state index >= 15 is 0 Å². The molecule has 0 radical (unpaired) electrons. The van der Waals surface area contributed by atoms with Gasteiger partial charge in [-0.15, -0.1) is 5.10 Å². The van der Waals surface area contributed by atoms with Crippen LogP contribution in [0.25, 0.3) is 11.2 Å². The van der Waals surface area contributed by atoms with Crippen molar-refractivity contribution in [2.75, 3.05) is 13.1 Å². The Kier molecular flexibility index (Phi) is 7.91. The highest BCUT2D eigenvalue weighted by atomic mass is 35.5. The van der Waals surface area contributed by atoms with Crippen molar-refractivity contribution in [1.82, 2.24) is 34.0 Å². The Morgan fingerprint density at radius 2 is 1.64 bits per heavy atom. The van der Waals surface area contributed by atoms with Gasteiger partial charge in [-0.3, -0.25) is 4.79 Å². The van der Waals surface area contributed by atoms with Crippen molar-refractivity contribution in [2.24, 2.45) is 0 Å². The van der Waals surface area contributed by atoms with Gasteiger partial charge in [0.15, 0.2) is 11.2 Å². The summed E-state index contributed by atoms with van der Waals surface area (Å²) in [7, 11) is -7.56. The summed E-state index contributed by atoms with van der Waals surface area (Å²) in [5, 5.41) is 8.68. The van der Waals surface area contributed by atoms with Crippen LogP contribution in [0.15, 0.2) is 63.1 Å². The number of piperidine rings is 1. The maximum Gasteiger partial charge on any atom is 0.281 e. The highest BCUT2D eigenvalue weighted by Crippen LogP contribution is 2.30. The molecule has 0 atom stereocenters. The third kappa shape index (κ3) is 5.86. The number of fused-ring (bicyclic) bond motifs is 1. The molecular formula is C27H30ClN7O5S2. The average Bonchev–Trinajstić information content (AvgIpc) is 3.63. The molecule has 1 aliphatic carbocycles. The van der Waals surface area contributed by atoms with Gasteiger partial charge in [-0.25, -0.2) is 31.2 Å². The summed E-state index contributed by atoms with van der Waals surface area (Å²) in [6, 6.07) is 12.6. The Morgan fingerprint density at radius 3 is 2.33 bits per heavy atom. The highest BCUT2D eigenvalue weighted by molar-refractivity contribution is 7.89. The standard InChI is InChI=1S/C27H30ClN7O5S2/c28-20-5-3-4-18(16-20)17-35-26-24(31-33-35)27(36)30-25(29-26)19-12-14-34(15-13-19)42(39,40)23-10-8-22(9-11-23)41(37,38)32-21-6-1-2-7-21/h3-5,8-11,16,19,21,32H,1-2,6-7,12-15,17H2,(H,29,30,36). The summed E-state index contributed by atoms with van der Waals surface area (Å²) >= 11 is 6.10. The molecule has 0 bridgehead atoms. The molecule has 42 heavy (non-hydrogen) atoms. The Balaban J connectivity index is 1.15. The number of nitrogens with zero attached hydrogens (tertiary/aromatic N) is 5. The van der Waals surface area contributed by atoms with E-state index in [0.29, 0.717) is 35.9 Å². The number of H-pyrrole nitrogens is 1. The van der Waals surface area contributed by atoms with Crippen LogP contribution in [0.3, 0.4) is 0 Å². The maximum absolute atomic E-state index is 13.4. The van der Waals surface area contributed by atoms with Gasteiger partial charge >= 0.3 is 0 Å². The fraction of sp³-hybridized carbons (Fsp3) is 0.407. The van der Waals surface area contributed by atoms with Gasteiger partial charge in [-0.2, -0.15) is 4.31 Å². The summed E-state index contributed by atoms with van der Waals surface area (Å²) in [6.45, 7) is 0.774. The second-order valence-electron chi connectivity index (χ2n) is 10.8. The van der Waals surface area contributed by atoms with E-state index in [1.807, 2.05) is 12.1 Å². The van der Waals surface area contributed by atoms with Gasteiger partial charge in [0.05, 0.1) is 16.3 Å². The van der Waals surface area contributed by atoms with E-state index in [1.165, 1.54) is 28.6 Å². The van der Waals surface area contributed by atoms with Gasteiger partial charge < -0.3 is 4.98 Å². The van der Waals surface area contributed by atoms with E-state index in [1.54, 1.807) is 16.8 Å². The topological polar surface area (TPSA) is 160 Å².